The molecule has 0 aliphatic heterocycles. The number of benzene rings is 1. The molecule has 110 valence electrons. The van der Waals surface area contributed by atoms with Crippen LogP contribution in [0.1, 0.15) is 16.1 Å². The highest BCUT2D eigenvalue weighted by atomic mass is 16.5. The van der Waals surface area contributed by atoms with Gasteiger partial charge >= 0.3 is 0 Å². The van der Waals surface area contributed by atoms with E-state index >= 15 is 0 Å². The number of pyridine rings is 1. The van der Waals surface area contributed by atoms with Gasteiger partial charge in [-0.3, -0.25) is 4.79 Å². The molecule has 21 heavy (non-hydrogen) atoms. The van der Waals surface area contributed by atoms with Gasteiger partial charge in [-0.25, -0.2) is 4.98 Å². The lowest BCUT2D eigenvalue weighted by molar-refractivity contribution is 0.0780. The average Bonchev–Trinajstić information content (AvgIpc) is 2.49. The molecule has 2 aromatic rings. The molecule has 1 amide bonds. The number of carbonyl (C=O) groups excluding carboxylic acids is 1. The molecule has 6 heteroatoms. The maximum Gasteiger partial charge on any atom is 0.274 e. The van der Waals surface area contributed by atoms with Crippen LogP contribution in [0.15, 0.2) is 36.5 Å². The first-order valence-corrected chi connectivity index (χ1v) is 6.34. The molecule has 0 saturated carbocycles. The molecule has 0 spiro atoms. The van der Waals surface area contributed by atoms with E-state index in [0.29, 0.717) is 18.0 Å². The molecule has 1 heterocycles. The minimum absolute atomic E-state index is 0.0594. The Morgan fingerprint density at radius 3 is 2.86 bits per heavy atom. The average molecular weight is 287 g/mol. The zero-order chi connectivity index (χ0) is 15.4. The van der Waals surface area contributed by atoms with Gasteiger partial charge in [0, 0.05) is 19.8 Å². The third kappa shape index (κ3) is 3.22. The minimum Gasteiger partial charge on any atom is -0.504 e. The number of rotatable bonds is 4. The molecule has 0 aliphatic carbocycles. The summed E-state index contributed by atoms with van der Waals surface area (Å²) in [6.45, 7) is 0.353. The van der Waals surface area contributed by atoms with Crippen LogP contribution in [0, 0.1) is 0 Å². The predicted octanol–water partition coefficient (Wildman–Crippen LogP) is 1.65. The van der Waals surface area contributed by atoms with Crippen LogP contribution in [0.4, 0.5) is 5.69 Å². The summed E-state index contributed by atoms with van der Waals surface area (Å²) in [5.74, 6) is 0.162. The quantitative estimate of drug-likeness (QED) is 0.892. The van der Waals surface area contributed by atoms with Gasteiger partial charge in [0.25, 0.3) is 5.91 Å². The lowest BCUT2D eigenvalue weighted by Gasteiger charge is -2.18. The first kappa shape index (κ1) is 14.6. The van der Waals surface area contributed by atoms with E-state index in [1.807, 2.05) is 0 Å². The maximum absolute atomic E-state index is 12.3. The number of nitrogen functional groups attached to an aromatic ring is 1. The number of ether oxygens (including phenoxy) is 1. The number of aromatic hydroxyl groups is 1. The Hall–Kier alpha value is -2.76. The van der Waals surface area contributed by atoms with Gasteiger partial charge in [0.05, 0.1) is 12.8 Å². The monoisotopic (exact) mass is 287 g/mol. The fourth-order valence-corrected chi connectivity index (χ4v) is 1.94. The van der Waals surface area contributed by atoms with Crippen LogP contribution in [-0.2, 0) is 6.54 Å². The molecule has 0 atom stereocenters. The number of hydrogen-bond donors (Lipinski definition) is 2. The largest absolute Gasteiger partial charge is 0.504 e. The normalized spacial score (nSPS) is 10.2. The van der Waals surface area contributed by atoms with Gasteiger partial charge in [0.15, 0.2) is 17.2 Å². The van der Waals surface area contributed by atoms with Gasteiger partial charge in [-0.2, -0.15) is 0 Å². The molecule has 1 aromatic heterocycles. The van der Waals surface area contributed by atoms with Crippen molar-refractivity contribution in [3.8, 4) is 11.5 Å². The fourth-order valence-electron chi connectivity index (χ4n) is 1.94. The lowest BCUT2D eigenvalue weighted by atomic mass is 10.2. The third-order valence-corrected chi connectivity index (χ3v) is 3.05. The molecule has 3 N–H and O–H groups in total. The summed E-state index contributed by atoms with van der Waals surface area (Å²) in [5, 5.41) is 9.56. The van der Waals surface area contributed by atoms with Gasteiger partial charge in [0.1, 0.15) is 0 Å². The molecule has 1 aromatic carbocycles. The minimum atomic E-state index is -0.264. The van der Waals surface area contributed by atoms with Crippen molar-refractivity contribution in [2.45, 2.75) is 6.54 Å². The molecule has 6 nitrogen and oxygen atoms in total. The summed E-state index contributed by atoms with van der Waals surface area (Å²) in [5.41, 5.74) is 7.16. The molecular formula is C15H17N3O3. The third-order valence-electron chi connectivity index (χ3n) is 3.05. The first-order valence-electron chi connectivity index (χ1n) is 6.34. The van der Waals surface area contributed by atoms with Crippen molar-refractivity contribution in [1.82, 2.24) is 9.88 Å². The lowest BCUT2D eigenvalue weighted by Crippen LogP contribution is -2.27. The fraction of sp³-hybridized carbons (Fsp3) is 0.200. The first-order chi connectivity index (χ1) is 10.0. The topological polar surface area (TPSA) is 88.7 Å². The molecule has 2 rings (SSSR count). The van der Waals surface area contributed by atoms with Crippen molar-refractivity contribution in [2.24, 2.45) is 0 Å². The second-order valence-corrected chi connectivity index (χ2v) is 4.61. The van der Waals surface area contributed by atoms with Crippen LogP contribution in [0.2, 0.25) is 0 Å². The molecule has 0 fully saturated rings. The number of anilines is 1. The van der Waals surface area contributed by atoms with Crippen LogP contribution in [-0.4, -0.2) is 35.1 Å². The molecule has 0 saturated heterocycles. The van der Waals surface area contributed by atoms with Crippen molar-refractivity contribution in [3.05, 3.63) is 47.8 Å². The second-order valence-electron chi connectivity index (χ2n) is 4.61. The smallest absolute Gasteiger partial charge is 0.274 e. The number of nitrogens with two attached hydrogens (primary N) is 1. The number of carbonyl (C=O) groups is 1. The van der Waals surface area contributed by atoms with Gasteiger partial charge in [-0.1, -0.05) is 6.07 Å². The number of hydrogen-bond acceptors (Lipinski definition) is 5. The van der Waals surface area contributed by atoms with E-state index in [1.54, 1.807) is 31.3 Å². The number of methoxy groups -OCH3 is 1. The number of aromatic nitrogens is 1. The van der Waals surface area contributed by atoms with Crippen LogP contribution in [0.3, 0.4) is 0 Å². The van der Waals surface area contributed by atoms with Crippen molar-refractivity contribution >= 4 is 11.6 Å². The standard InChI is InChI=1S/C15H17N3O3/c1-18(15(20)14-11(16)4-3-7-17-14)9-10-5-6-12(19)13(8-10)21-2/h3-8,19H,9,16H2,1-2H3. The summed E-state index contributed by atoms with van der Waals surface area (Å²) in [6, 6.07) is 8.25. The summed E-state index contributed by atoms with van der Waals surface area (Å²) in [7, 11) is 3.14. The summed E-state index contributed by atoms with van der Waals surface area (Å²) in [4.78, 5) is 17.8. The highest BCUT2D eigenvalue weighted by Gasteiger charge is 2.16. The molecule has 0 bridgehead atoms. The van der Waals surface area contributed by atoms with Gasteiger partial charge < -0.3 is 20.5 Å². The number of nitrogens with zero attached hydrogens (tertiary/aromatic N) is 2. The van der Waals surface area contributed by atoms with Crippen molar-refractivity contribution in [3.63, 3.8) is 0 Å². The highest BCUT2D eigenvalue weighted by Crippen LogP contribution is 2.26. The summed E-state index contributed by atoms with van der Waals surface area (Å²) >= 11 is 0. The van der Waals surface area contributed by atoms with E-state index in [-0.39, 0.29) is 17.4 Å². The van der Waals surface area contributed by atoms with E-state index in [4.69, 9.17) is 10.5 Å². The Bertz CT molecular complexity index is 658. The van der Waals surface area contributed by atoms with E-state index < -0.39 is 0 Å². The second kappa shape index (κ2) is 6.13. The number of amides is 1. The Morgan fingerprint density at radius 1 is 1.43 bits per heavy atom. The Balaban J connectivity index is 2.16. The Kier molecular flexibility index (Phi) is 4.27. The van der Waals surface area contributed by atoms with Gasteiger partial charge in [0.2, 0.25) is 0 Å². The summed E-state index contributed by atoms with van der Waals surface area (Å²) in [6.07, 6.45) is 1.53. The van der Waals surface area contributed by atoms with Crippen molar-refractivity contribution in [1.29, 1.82) is 0 Å². The van der Waals surface area contributed by atoms with Gasteiger partial charge in [-0.15, -0.1) is 0 Å². The Labute approximate surface area is 122 Å². The van der Waals surface area contributed by atoms with E-state index in [2.05, 4.69) is 4.98 Å². The molecular weight excluding hydrogens is 270 g/mol. The molecule has 0 aliphatic rings. The zero-order valence-corrected chi connectivity index (χ0v) is 11.9. The zero-order valence-electron chi connectivity index (χ0n) is 11.9. The van der Waals surface area contributed by atoms with Crippen LogP contribution in [0.25, 0.3) is 0 Å². The van der Waals surface area contributed by atoms with Crippen LogP contribution < -0.4 is 10.5 Å². The molecule has 0 radical (unpaired) electrons. The van der Waals surface area contributed by atoms with Crippen LogP contribution in [0.5, 0.6) is 11.5 Å². The SMILES string of the molecule is COc1cc(CN(C)C(=O)c2ncccc2N)ccc1O. The van der Waals surface area contributed by atoms with E-state index in [1.165, 1.54) is 24.3 Å². The number of phenols is 1. The maximum atomic E-state index is 12.3. The predicted molar refractivity (Wildman–Crippen MR) is 79.1 cm³/mol. The molecule has 0 unspecified atom stereocenters. The van der Waals surface area contributed by atoms with Gasteiger partial charge in [-0.05, 0) is 29.8 Å². The van der Waals surface area contributed by atoms with Crippen molar-refractivity contribution < 1.29 is 14.6 Å². The number of phenolic OH excluding ortho intramolecular Hbond substituents is 1. The highest BCUT2D eigenvalue weighted by molar-refractivity contribution is 5.96. The Morgan fingerprint density at radius 2 is 2.19 bits per heavy atom. The van der Waals surface area contributed by atoms with E-state index in [9.17, 15) is 9.90 Å². The summed E-state index contributed by atoms with van der Waals surface area (Å²) < 4.78 is 5.05. The van der Waals surface area contributed by atoms with Crippen molar-refractivity contribution in [2.75, 3.05) is 19.9 Å². The van der Waals surface area contributed by atoms with E-state index in [0.717, 1.165) is 5.56 Å². The van der Waals surface area contributed by atoms with Crippen LogP contribution >= 0.6 is 0 Å².